The first kappa shape index (κ1) is 16.3. The van der Waals surface area contributed by atoms with Crippen LogP contribution >= 0.6 is 0 Å². The number of alkyl halides is 2. The minimum atomic E-state index is -2.33. The number of likely N-dealkylation sites (tertiary alicyclic amines) is 1. The van der Waals surface area contributed by atoms with Gasteiger partial charge in [-0.15, -0.1) is 0 Å². The van der Waals surface area contributed by atoms with Crippen molar-refractivity contribution >= 4 is 5.97 Å². The van der Waals surface area contributed by atoms with Crippen LogP contribution in [0.2, 0.25) is 0 Å². The summed E-state index contributed by atoms with van der Waals surface area (Å²) in [6.07, 6.45) is -1.21. The molecule has 1 rings (SSSR count). The zero-order valence-electron chi connectivity index (χ0n) is 11.7. The van der Waals surface area contributed by atoms with Crippen LogP contribution in [0.5, 0.6) is 0 Å². The number of ether oxygens (including phenoxy) is 1. The molecule has 2 atom stereocenters. The number of halogens is 2. The van der Waals surface area contributed by atoms with Crippen molar-refractivity contribution in [1.29, 1.82) is 0 Å². The number of rotatable bonds is 7. The highest BCUT2D eigenvalue weighted by atomic mass is 19.3. The summed E-state index contributed by atoms with van der Waals surface area (Å²) in [7, 11) is 0. The van der Waals surface area contributed by atoms with E-state index in [1.54, 1.807) is 6.92 Å². The van der Waals surface area contributed by atoms with E-state index in [2.05, 4.69) is 10.2 Å². The van der Waals surface area contributed by atoms with Gasteiger partial charge >= 0.3 is 5.97 Å². The van der Waals surface area contributed by atoms with Crippen molar-refractivity contribution in [3.8, 4) is 0 Å². The molecule has 0 aromatic rings. The molecular formula is C13H24F2N2O2. The third-order valence-corrected chi connectivity index (χ3v) is 3.38. The Balaban J connectivity index is 2.45. The lowest BCUT2D eigenvalue weighted by Gasteiger charge is -2.37. The van der Waals surface area contributed by atoms with Gasteiger partial charge in [0.2, 0.25) is 0 Å². The van der Waals surface area contributed by atoms with E-state index in [1.807, 2.05) is 6.92 Å². The van der Waals surface area contributed by atoms with Crippen molar-refractivity contribution in [2.24, 2.45) is 5.92 Å². The summed E-state index contributed by atoms with van der Waals surface area (Å²) in [5.41, 5.74) is 0. The van der Waals surface area contributed by atoms with E-state index in [1.165, 1.54) is 0 Å². The van der Waals surface area contributed by atoms with E-state index in [0.717, 1.165) is 26.1 Å². The number of hydrogen-bond donors (Lipinski definition) is 1. The average molecular weight is 278 g/mol. The first-order chi connectivity index (χ1) is 9.05. The smallest absolute Gasteiger partial charge is 0.306 e. The van der Waals surface area contributed by atoms with Gasteiger partial charge in [0.15, 0.2) is 0 Å². The molecule has 19 heavy (non-hydrogen) atoms. The minimum Gasteiger partial charge on any atom is -0.466 e. The second-order valence-corrected chi connectivity index (χ2v) is 4.96. The van der Waals surface area contributed by atoms with Crippen LogP contribution in [-0.2, 0) is 9.53 Å². The molecule has 4 nitrogen and oxygen atoms in total. The van der Waals surface area contributed by atoms with E-state index >= 15 is 0 Å². The predicted octanol–water partition coefficient (Wildman–Crippen LogP) is 1.50. The summed E-state index contributed by atoms with van der Waals surface area (Å²) in [5.74, 6) is -0.0130. The van der Waals surface area contributed by atoms with Crippen molar-refractivity contribution in [1.82, 2.24) is 10.2 Å². The molecule has 0 aliphatic carbocycles. The molecule has 0 radical (unpaired) electrons. The maximum absolute atomic E-state index is 12.2. The summed E-state index contributed by atoms with van der Waals surface area (Å²) in [6.45, 7) is 6.39. The van der Waals surface area contributed by atoms with E-state index in [9.17, 15) is 13.6 Å². The highest BCUT2D eigenvalue weighted by Crippen LogP contribution is 2.20. The largest absolute Gasteiger partial charge is 0.466 e. The van der Waals surface area contributed by atoms with Crippen molar-refractivity contribution in [2.45, 2.75) is 39.2 Å². The first-order valence-electron chi connectivity index (χ1n) is 6.94. The predicted molar refractivity (Wildman–Crippen MR) is 69.3 cm³/mol. The topological polar surface area (TPSA) is 41.6 Å². The van der Waals surface area contributed by atoms with Gasteiger partial charge in [-0.05, 0) is 25.8 Å². The summed E-state index contributed by atoms with van der Waals surface area (Å²) in [4.78, 5) is 13.7. The molecule has 1 heterocycles. The third-order valence-electron chi connectivity index (χ3n) is 3.38. The van der Waals surface area contributed by atoms with Gasteiger partial charge in [-0.3, -0.25) is 4.79 Å². The lowest BCUT2D eigenvalue weighted by Crippen LogP contribution is -2.50. The monoisotopic (exact) mass is 278 g/mol. The van der Waals surface area contributed by atoms with Gasteiger partial charge in [-0.25, -0.2) is 8.78 Å². The molecule has 1 aliphatic rings. The molecule has 1 aliphatic heterocycles. The lowest BCUT2D eigenvalue weighted by atomic mass is 9.91. The van der Waals surface area contributed by atoms with Crippen molar-refractivity contribution < 1.29 is 18.3 Å². The van der Waals surface area contributed by atoms with E-state index in [0.29, 0.717) is 13.0 Å². The molecular weight excluding hydrogens is 254 g/mol. The van der Waals surface area contributed by atoms with Crippen LogP contribution < -0.4 is 5.32 Å². The highest BCUT2D eigenvalue weighted by Gasteiger charge is 2.28. The number of likely N-dealkylation sites (N-methyl/N-ethyl adjacent to an activating group) is 1. The Morgan fingerprint density at radius 1 is 1.42 bits per heavy atom. The van der Waals surface area contributed by atoms with Crippen LogP contribution in [0.1, 0.15) is 26.7 Å². The fourth-order valence-corrected chi connectivity index (χ4v) is 2.57. The Hall–Kier alpha value is -0.750. The number of hydrogen-bond acceptors (Lipinski definition) is 4. The maximum atomic E-state index is 12.2. The first-order valence-corrected chi connectivity index (χ1v) is 6.94. The SMILES string of the molecule is CCOC(=O)CC1CC(NCC(F)F)CN(CC)C1. The third kappa shape index (κ3) is 6.29. The zero-order chi connectivity index (χ0) is 14.3. The Morgan fingerprint density at radius 2 is 2.16 bits per heavy atom. The molecule has 1 saturated heterocycles. The van der Waals surface area contributed by atoms with Crippen LogP contribution in [-0.4, -0.2) is 56.1 Å². The van der Waals surface area contributed by atoms with Crippen molar-refractivity contribution in [3.63, 3.8) is 0 Å². The highest BCUT2D eigenvalue weighted by molar-refractivity contribution is 5.69. The van der Waals surface area contributed by atoms with Gasteiger partial charge in [0, 0.05) is 25.6 Å². The molecule has 2 unspecified atom stereocenters. The van der Waals surface area contributed by atoms with Crippen LogP contribution in [0.15, 0.2) is 0 Å². The molecule has 0 aromatic heterocycles. The zero-order valence-corrected chi connectivity index (χ0v) is 11.7. The quantitative estimate of drug-likeness (QED) is 0.717. The Morgan fingerprint density at radius 3 is 2.74 bits per heavy atom. The van der Waals surface area contributed by atoms with Crippen LogP contribution in [0, 0.1) is 5.92 Å². The fourth-order valence-electron chi connectivity index (χ4n) is 2.57. The Bertz CT molecular complexity index is 277. The Labute approximate surface area is 113 Å². The van der Waals surface area contributed by atoms with Gasteiger partial charge < -0.3 is 15.0 Å². The Kier molecular flexibility index (Phi) is 7.23. The molecule has 0 bridgehead atoms. The molecule has 0 saturated carbocycles. The summed E-state index contributed by atoms with van der Waals surface area (Å²) < 4.78 is 29.4. The second kappa shape index (κ2) is 8.43. The lowest BCUT2D eigenvalue weighted by molar-refractivity contribution is -0.144. The number of piperidine rings is 1. The average Bonchev–Trinajstić information content (AvgIpc) is 2.36. The van der Waals surface area contributed by atoms with Crippen LogP contribution in [0.4, 0.5) is 8.78 Å². The molecule has 0 amide bonds. The molecule has 112 valence electrons. The van der Waals surface area contributed by atoms with Crippen molar-refractivity contribution in [2.75, 3.05) is 32.8 Å². The standard InChI is InChI=1S/C13H24F2N2O2/c1-3-17-8-10(6-13(18)19-4-2)5-11(9-17)16-7-12(14)15/h10-12,16H,3-9H2,1-2H3. The second-order valence-electron chi connectivity index (χ2n) is 4.96. The summed E-state index contributed by atoms with van der Waals surface area (Å²) in [6, 6.07) is 0.0297. The maximum Gasteiger partial charge on any atom is 0.306 e. The van der Waals surface area contributed by atoms with Gasteiger partial charge in [-0.2, -0.15) is 0 Å². The number of esters is 1. The summed E-state index contributed by atoms with van der Waals surface area (Å²) in [5, 5.41) is 2.88. The van der Waals surface area contributed by atoms with Gasteiger partial charge in [0.25, 0.3) is 6.43 Å². The molecule has 1 N–H and O–H groups in total. The number of carbonyl (C=O) groups excluding carboxylic acids is 1. The van der Waals surface area contributed by atoms with Gasteiger partial charge in [-0.1, -0.05) is 6.92 Å². The van der Waals surface area contributed by atoms with E-state index < -0.39 is 6.43 Å². The van der Waals surface area contributed by atoms with Gasteiger partial charge in [0.05, 0.1) is 13.2 Å². The fraction of sp³-hybridized carbons (Fsp3) is 0.923. The molecule has 0 spiro atoms. The van der Waals surface area contributed by atoms with Gasteiger partial charge in [0.1, 0.15) is 0 Å². The molecule has 0 aromatic carbocycles. The number of carbonyl (C=O) groups is 1. The normalized spacial score (nSPS) is 24.7. The summed E-state index contributed by atoms with van der Waals surface area (Å²) >= 11 is 0. The van der Waals surface area contributed by atoms with Crippen molar-refractivity contribution in [3.05, 3.63) is 0 Å². The van der Waals surface area contributed by atoms with Crippen LogP contribution in [0.3, 0.4) is 0 Å². The minimum absolute atomic E-state index is 0.0297. The number of nitrogens with one attached hydrogen (secondary N) is 1. The van der Waals surface area contributed by atoms with E-state index in [4.69, 9.17) is 4.74 Å². The molecule has 6 heteroatoms. The van der Waals surface area contributed by atoms with E-state index in [-0.39, 0.29) is 24.5 Å². The molecule has 1 fully saturated rings. The number of nitrogens with zero attached hydrogens (tertiary/aromatic N) is 1. The van der Waals surface area contributed by atoms with Crippen LogP contribution in [0.25, 0.3) is 0 Å².